The van der Waals surface area contributed by atoms with E-state index in [2.05, 4.69) is 10.6 Å². The van der Waals surface area contributed by atoms with E-state index in [0.29, 0.717) is 0 Å². The molecule has 0 saturated heterocycles. The lowest BCUT2D eigenvalue weighted by atomic mass is 9.88. The number of ether oxygens (including phenoxy) is 2. The Bertz CT molecular complexity index is 768. The first-order valence-electron chi connectivity index (χ1n) is 10.1. The Hall–Kier alpha value is -2.69. The molecule has 1 aliphatic rings. The second-order valence-corrected chi connectivity index (χ2v) is 7.27. The van der Waals surface area contributed by atoms with E-state index in [0.717, 1.165) is 48.7 Å². The molecule has 2 aromatic carbocycles. The summed E-state index contributed by atoms with van der Waals surface area (Å²) in [7, 11) is 3.29. The van der Waals surface area contributed by atoms with Crippen molar-refractivity contribution in [2.75, 3.05) is 31.4 Å². The Kier molecular flexibility index (Phi) is 7.18. The smallest absolute Gasteiger partial charge is 0.227 e. The first-order valence-corrected chi connectivity index (χ1v) is 10.1. The first-order chi connectivity index (χ1) is 13.7. The van der Waals surface area contributed by atoms with Crippen LogP contribution < -0.4 is 20.1 Å². The fraction of sp³-hybridized carbons (Fsp3) is 0.435. The Morgan fingerprint density at radius 2 is 1.61 bits per heavy atom. The van der Waals surface area contributed by atoms with Crippen LogP contribution in [0.1, 0.15) is 37.7 Å². The Labute approximate surface area is 167 Å². The summed E-state index contributed by atoms with van der Waals surface area (Å²) in [6.07, 6.45) is 6.50. The zero-order chi connectivity index (χ0) is 19.8. The molecule has 0 bridgehead atoms. The second-order valence-electron chi connectivity index (χ2n) is 7.27. The van der Waals surface area contributed by atoms with Gasteiger partial charge in [0.2, 0.25) is 5.91 Å². The van der Waals surface area contributed by atoms with Crippen LogP contribution in [0.15, 0.2) is 42.5 Å². The van der Waals surface area contributed by atoms with Crippen molar-refractivity contribution in [2.45, 2.75) is 38.5 Å². The van der Waals surface area contributed by atoms with Crippen LogP contribution >= 0.6 is 0 Å². The number of anilines is 2. The number of hydrogen-bond acceptors (Lipinski definition) is 4. The molecule has 1 aliphatic carbocycles. The monoisotopic (exact) mass is 382 g/mol. The van der Waals surface area contributed by atoms with Crippen molar-refractivity contribution in [3.63, 3.8) is 0 Å². The van der Waals surface area contributed by atoms with Crippen molar-refractivity contribution in [2.24, 2.45) is 5.92 Å². The first kappa shape index (κ1) is 20.1. The van der Waals surface area contributed by atoms with Gasteiger partial charge in [-0.05, 0) is 61.2 Å². The molecular weight excluding hydrogens is 352 g/mol. The zero-order valence-corrected chi connectivity index (χ0v) is 16.8. The van der Waals surface area contributed by atoms with E-state index in [1.165, 1.54) is 24.8 Å². The Morgan fingerprint density at radius 3 is 2.29 bits per heavy atom. The highest BCUT2D eigenvalue weighted by atomic mass is 16.5. The predicted octanol–water partition coefficient (Wildman–Crippen LogP) is 4.88. The quantitative estimate of drug-likeness (QED) is 0.683. The maximum atomic E-state index is 12.3. The maximum Gasteiger partial charge on any atom is 0.227 e. The van der Waals surface area contributed by atoms with E-state index in [1.54, 1.807) is 14.2 Å². The topological polar surface area (TPSA) is 59.6 Å². The van der Waals surface area contributed by atoms with Crippen molar-refractivity contribution in [1.82, 2.24) is 0 Å². The molecule has 1 fully saturated rings. The van der Waals surface area contributed by atoms with E-state index < -0.39 is 0 Å². The summed E-state index contributed by atoms with van der Waals surface area (Å²) in [5, 5.41) is 6.47. The van der Waals surface area contributed by atoms with Crippen LogP contribution in [0.4, 0.5) is 11.4 Å². The number of nitrogens with one attached hydrogen (secondary N) is 2. The van der Waals surface area contributed by atoms with E-state index in [9.17, 15) is 4.79 Å². The predicted molar refractivity (Wildman–Crippen MR) is 113 cm³/mol. The fourth-order valence-electron chi connectivity index (χ4n) is 3.67. The van der Waals surface area contributed by atoms with Crippen LogP contribution in [-0.4, -0.2) is 26.7 Å². The van der Waals surface area contributed by atoms with Gasteiger partial charge >= 0.3 is 0 Å². The van der Waals surface area contributed by atoms with E-state index in [4.69, 9.17) is 9.47 Å². The van der Waals surface area contributed by atoms with E-state index >= 15 is 0 Å². The minimum Gasteiger partial charge on any atom is -0.493 e. The van der Waals surface area contributed by atoms with Crippen LogP contribution in [0, 0.1) is 5.92 Å². The summed E-state index contributed by atoms with van der Waals surface area (Å²) >= 11 is 0. The minimum atomic E-state index is 0.161. The Balaban J connectivity index is 1.47. The standard InChI is InChI=1S/C23H30N2O3/c1-27-21-13-8-17(16-22(21)28-2)14-15-24-19-9-11-20(12-10-19)25-23(26)18-6-4-3-5-7-18/h8-13,16,18,24H,3-7,14-15H2,1-2H3,(H,25,26). The third-order valence-electron chi connectivity index (χ3n) is 5.32. The molecule has 1 saturated carbocycles. The molecular formula is C23H30N2O3. The number of rotatable bonds is 8. The molecule has 2 aromatic rings. The number of hydrogen-bond donors (Lipinski definition) is 2. The molecule has 0 atom stereocenters. The second kappa shape index (κ2) is 10.0. The summed E-state index contributed by atoms with van der Waals surface area (Å²) in [6, 6.07) is 13.9. The summed E-state index contributed by atoms with van der Waals surface area (Å²) in [5.74, 6) is 1.82. The van der Waals surface area contributed by atoms with Crippen LogP contribution in [0.2, 0.25) is 0 Å². The summed E-state index contributed by atoms with van der Waals surface area (Å²) < 4.78 is 10.6. The molecule has 150 valence electrons. The van der Waals surface area contributed by atoms with Crippen molar-refractivity contribution in [3.05, 3.63) is 48.0 Å². The third-order valence-corrected chi connectivity index (χ3v) is 5.32. The van der Waals surface area contributed by atoms with Gasteiger partial charge in [0, 0.05) is 23.8 Å². The van der Waals surface area contributed by atoms with Gasteiger partial charge in [-0.1, -0.05) is 25.3 Å². The van der Waals surface area contributed by atoms with Gasteiger partial charge in [-0.2, -0.15) is 0 Å². The van der Waals surface area contributed by atoms with E-state index in [1.807, 2.05) is 42.5 Å². The SMILES string of the molecule is COc1ccc(CCNc2ccc(NC(=O)C3CCCCC3)cc2)cc1OC. The summed E-state index contributed by atoms with van der Waals surface area (Å²) in [4.78, 5) is 12.3. The van der Waals surface area contributed by atoms with Gasteiger partial charge in [0.15, 0.2) is 11.5 Å². The fourth-order valence-corrected chi connectivity index (χ4v) is 3.67. The van der Waals surface area contributed by atoms with Crippen LogP contribution in [-0.2, 0) is 11.2 Å². The van der Waals surface area contributed by atoms with Crippen LogP contribution in [0.3, 0.4) is 0 Å². The van der Waals surface area contributed by atoms with Crippen molar-refractivity contribution in [3.8, 4) is 11.5 Å². The van der Waals surface area contributed by atoms with Crippen LogP contribution in [0.25, 0.3) is 0 Å². The minimum absolute atomic E-state index is 0.161. The lowest BCUT2D eigenvalue weighted by Crippen LogP contribution is -2.24. The lowest BCUT2D eigenvalue weighted by molar-refractivity contribution is -0.120. The molecule has 0 aliphatic heterocycles. The highest BCUT2D eigenvalue weighted by Gasteiger charge is 2.20. The number of methoxy groups -OCH3 is 2. The van der Waals surface area contributed by atoms with Gasteiger partial charge in [-0.3, -0.25) is 4.79 Å². The normalized spacial score (nSPS) is 14.4. The lowest BCUT2D eigenvalue weighted by Gasteiger charge is -2.20. The highest BCUT2D eigenvalue weighted by Crippen LogP contribution is 2.28. The molecule has 0 unspecified atom stereocenters. The molecule has 0 spiro atoms. The molecule has 3 rings (SSSR count). The molecule has 28 heavy (non-hydrogen) atoms. The van der Waals surface area contributed by atoms with Gasteiger partial charge in [-0.15, -0.1) is 0 Å². The largest absolute Gasteiger partial charge is 0.493 e. The molecule has 0 heterocycles. The highest BCUT2D eigenvalue weighted by molar-refractivity contribution is 5.92. The van der Waals surface area contributed by atoms with Gasteiger partial charge in [0.05, 0.1) is 14.2 Å². The summed E-state index contributed by atoms with van der Waals surface area (Å²) in [6.45, 7) is 0.809. The molecule has 2 N–H and O–H groups in total. The molecule has 5 nitrogen and oxygen atoms in total. The number of carbonyl (C=O) groups is 1. The van der Waals surface area contributed by atoms with Gasteiger partial charge < -0.3 is 20.1 Å². The summed E-state index contributed by atoms with van der Waals surface area (Å²) in [5.41, 5.74) is 3.08. The van der Waals surface area contributed by atoms with E-state index in [-0.39, 0.29) is 11.8 Å². The average Bonchev–Trinajstić information content (AvgIpc) is 2.75. The number of carbonyl (C=O) groups excluding carboxylic acids is 1. The van der Waals surface area contributed by atoms with Crippen LogP contribution in [0.5, 0.6) is 11.5 Å². The van der Waals surface area contributed by atoms with Gasteiger partial charge in [-0.25, -0.2) is 0 Å². The average molecular weight is 383 g/mol. The third kappa shape index (κ3) is 5.41. The molecule has 0 aromatic heterocycles. The van der Waals surface area contributed by atoms with Gasteiger partial charge in [0.25, 0.3) is 0 Å². The number of amides is 1. The van der Waals surface area contributed by atoms with Gasteiger partial charge in [0.1, 0.15) is 0 Å². The molecule has 1 amide bonds. The maximum absolute atomic E-state index is 12.3. The van der Waals surface area contributed by atoms with Crippen molar-refractivity contribution >= 4 is 17.3 Å². The zero-order valence-electron chi connectivity index (χ0n) is 16.8. The van der Waals surface area contributed by atoms with Crippen molar-refractivity contribution in [1.29, 1.82) is 0 Å². The molecule has 0 radical (unpaired) electrons. The Morgan fingerprint density at radius 1 is 0.929 bits per heavy atom. The molecule has 5 heteroatoms. The number of benzene rings is 2. The van der Waals surface area contributed by atoms with Crippen molar-refractivity contribution < 1.29 is 14.3 Å².